The van der Waals surface area contributed by atoms with Gasteiger partial charge < -0.3 is 9.84 Å². The Morgan fingerprint density at radius 1 is 1.10 bits per heavy atom. The van der Waals surface area contributed by atoms with E-state index in [2.05, 4.69) is 0 Å². The molecule has 0 radical (unpaired) electrons. The van der Waals surface area contributed by atoms with Crippen molar-refractivity contribution in [2.75, 3.05) is 5.88 Å². The van der Waals surface area contributed by atoms with E-state index in [1.807, 2.05) is 30.3 Å². The van der Waals surface area contributed by atoms with Crippen molar-refractivity contribution < 1.29 is 14.6 Å². The molecule has 0 aliphatic rings. The van der Waals surface area contributed by atoms with Gasteiger partial charge in [-0.1, -0.05) is 18.2 Å². The minimum Gasteiger partial charge on any atom is -0.507 e. The van der Waals surface area contributed by atoms with Gasteiger partial charge >= 0.3 is 0 Å². The fourth-order valence-electron chi connectivity index (χ4n) is 1.79. The van der Waals surface area contributed by atoms with Gasteiger partial charge in [0.25, 0.3) is 0 Å². The maximum Gasteiger partial charge on any atom is 0.166 e. The zero-order valence-corrected chi connectivity index (χ0v) is 11.6. The Labute approximate surface area is 122 Å². The van der Waals surface area contributed by atoms with Crippen LogP contribution in [0, 0.1) is 0 Å². The first-order valence-corrected chi connectivity index (χ1v) is 6.89. The van der Waals surface area contributed by atoms with Gasteiger partial charge in [0.05, 0.1) is 5.56 Å². The first kappa shape index (κ1) is 14.4. The highest BCUT2D eigenvalue weighted by molar-refractivity contribution is 6.18. The maximum absolute atomic E-state index is 12.0. The van der Waals surface area contributed by atoms with Crippen molar-refractivity contribution in [3.8, 4) is 17.2 Å². The minimum absolute atomic E-state index is 0.0371. The molecule has 0 atom stereocenters. The van der Waals surface area contributed by atoms with Gasteiger partial charge in [-0.05, 0) is 36.8 Å². The normalized spacial score (nSPS) is 10.2. The van der Waals surface area contributed by atoms with E-state index in [1.165, 1.54) is 6.07 Å². The molecule has 0 heterocycles. The number of phenols is 1. The number of carbonyl (C=O) groups is 1. The molecule has 0 unspecified atom stereocenters. The molecule has 2 aromatic rings. The first-order valence-electron chi connectivity index (χ1n) is 6.36. The number of aromatic hydroxyl groups is 1. The first-order chi connectivity index (χ1) is 9.70. The Kier molecular flexibility index (Phi) is 5.02. The van der Waals surface area contributed by atoms with Crippen LogP contribution in [0.25, 0.3) is 0 Å². The standard InChI is InChI=1S/C16H15ClO3/c17-10-4-7-15(18)14-11-13(8-9-16(14)19)20-12-5-2-1-3-6-12/h1-3,5-6,8-9,11,19H,4,7,10H2. The molecule has 1 N–H and O–H groups in total. The molecule has 2 rings (SSSR count). The number of benzene rings is 2. The molecule has 0 bridgehead atoms. The molecule has 3 nitrogen and oxygen atoms in total. The summed E-state index contributed by atoms with van der Waals surface area (Å²) in [5, 5.41) is 9.76. The van der Waals surface area contributed by atoms with Crippen LogP contribution in [-0.2, 0) is 0 Å². The van der Waals surface area contributed by atoms with Gasteiger partial charge in [0.15, 0.2) is 5.78 Å². The molecule has 0 aromatic heterocycles. The molecule has 20 heavy (non-hydrogen) atoms. The van der Waals surface area contributed by atoms with Crippen LogP contribution in [0.15, 0.2) is 48.5 Å². The predicted molar refractivity (Wildman–Crippen MR) is 78.9 cm³/mol. The van der Waals surface area contributed by atoms with Crippen LogP contribution in [0.3, 0.4) is 0 Å². The summed E-state index contributed by atoms with van der Waals surface area (Å²) in [6.45, 7) is 0. The summed E-state index contributed by atoms with van der Waals surface area (Å²) in [6.07, 6.45) is 0.898. The van der Waals surface area contributed by atoms with E-state index in [-0.39, 0.29) is 17.1 Å². The average molecular weight is 291 g/mol. The van der Waals surface area contributed by atoms with E-state index >= 15 is 0 Å². The minimum atomic E-state index is -0.137. The van der Waals surface area contributed by atoms with Crippen LogP contribution in [0.5, 0.6) is 17.2 Å². The molecule has 0 fully saturated rings. The number of hydrogen-bond acceptors (Lipinski definition) is 3. The summed E-state index contributed by atoms with van der Waals surface area (Å²) in [5.41, 5.74) is 0.267. The largest absolute Gasteiger partial charge is 0.507 e. The monoisotopic (exact) mass is 290 g/mol. The van der Waals surface area contributed by atoms with Crippen molar-refractivity contribution >= 4 is 17.4 Å². The van der Waals surface area contributed by atoms with Gasteiger partial charge in [0.1, 0.15) is 17.2 Å². The van der Waals surface area contributed by atoms with Crippen LogP contribution in [-0.4, -0.2) is 16.8 Å². The van der Waals surface area contributed by atoms with Crippen LogP contribution in [0.2, 0.25) is 0 Å². The summed E-state index contributed by atoms with van der Waals surface area (Å²) < 4.78 is 5.64. The van der Waals surface area contributed by atoms with Crippen molar-refractivity contribution in [3.63, 3.8) is 0 Å². The van der Waals surface area contributed by atoms with Gasteiger partial charge in [-0.3, -0.25) is 4.79 Å². The summed E-state index contributed by atoms with van der Waals surface area (Å²) in [7, 11) is 0. The van der Waals surface area contributed by atoms with E-state index < -0.39 is 0 Å². The second kappa shape index (κ2) is 6.96. The number of alkyl halides is 1. The zero-order valence-electron chi connectivity index (χ0n) is 10.9. The van der Waals surface area contributed by atoms with Crippen molar-refractivity contribution in [2.45, 2.75) is 12.8 Å². The molecule has 4 heteroatoms. The van der Waals surface area contributed by atoms with Crippen LogP contribution in [0.1, 0.15) is 23.2 Å². The molecular formula is C16H15ClO3. The van der Waals surface area contributed by atoms with Gasteiger partial charge in [-0.2, -0.15) is 0 Å². The van der Waals surface area contributed by atoms with E-state index in [4.69, 9.17) is 16.3 Å². The quantitative estimate of drug-likeness (QED) is 0.634. The molecule has 0 saturated carbocycles. The third-order valence-corrected chi connectivity index (χ3v) is 3.05. The Morgan fingerprint density at radius 3 is 2.55 bits per heavy atom. The maximum atomic E-state index is 12.0. The number of Topliss-reactive ketones (excluding diaryl/α,β-unsaturated/α-hetero) is 1. The summed E-state index contributed by atoms with van der Waals surface area (Å²) >= 11 is 5.57. The van der Waals surface area contributed by atoms with Crippen molar-refractivity contribution in [1.29, 1.82) is 0 Å². The van der Waals surface area contributed by atoms with Crippen LogP contribution < -0.4 is 4.74 Å². The highest BCUT2D eigenvalue weighted by atomic mass is 35.5. The van der Waals surface area contributed by atoms with Crippen molar-refractivity contribution in [3.05, 3.63) is 54.1 Å². The van der Waals surface area contributed by atoms with Crippen LogP contribution in [0.4, 0.5) is 0 Å². The van der Waals surface area contributed by atoms with Crippen molar-refractivity contribution in [1.82, 2.24) is 0 Å². The van der Waals surface area contributed by atoms with Gasteiger partial charge in [-0.25, -0.2) is 0 Å². The molecule has 0 aliphatic heterocycles. The Morgan fingerprint density at radius 2 is 1.85 bits per heavy atom. The molecule has 0 aliphatic carbocycles. The summed E-state index contributed by atoms with van der Waals surface area (Å²) in [4.78, 5) is 12.0. The van der Waals surface area contributed by atoms with E-state index in [0.29, 0.717) is 30.2 Å². The number of carbonyl (C=O) groups excluding carboxylic acids is 1. The van der Waals surface area contributed by atoms with Gasteiger partial charge in [0.2, 0.25) is 0 Å². The number of phenolic OH excluding ortho intramolecular Hbond substituents is 1. The number of ketones is 1. The lowest BCUT2D eigenvalue weighted by molar-refractivity contribution is 0.0979. The van der Waals surface area contributed by atoms with E-state index in [9.17, 15) is 9.90 Å². The lowest BCUT2D eigenvalue weighted by Crippen LogP contribution is -2.00. The zero-order chi connectivity index (χ0) is 14.4. The Hall–Kier alpha value is -2.00. The Balaban J connectivity index is 2.18. The van der Waals surface area contributed by atoms with Crippen molar-refractivity contribution in [2.24, 2.45) is 0 Å². The fourth-order valence-corrected chi connectivity index (χ4v) is 1.92. The number of rotatable bonds is 6. The highest BCUT2D eigenvalue weighted by Crippen LogP contribution is 2.28. The lowest BCUT2D eigenvalue weighted by Gasteiger charge is -2.08. The molecular weight excluding hydrogens is 276 g/mol. The third kappa shape index (κ3) is 3.75. The summed E-state index contributed by atoms with van der Waals surface area (Å²) in [6, 6.07) is 13.9. The second-order valence-electron chi connectivity index (χ2n) is 4.31. The lowest BCUT2D eigenvalue weighted by atomic mass is 10.1. The van der Waals surface area contributed by atoms with E-state index in [0.717, 1.165) is 0 Å². The number of ether oxygens (including phenoxy) is 1. The molecule has 0 amide bonds. The second-order valence-corrected chi connectivity index (χ2v) is 4.69. The topological polar surface area (TPSA) is 46.5 Å². The molecule has 104 valence electrons. The third-order valence-electron chi connectivity index (χ3n) is 2.78. The molecule has 2 aromatic carbocycles. The van der Waals surface area contributed by atoms with Gasteiger partial charge in [-0.15, -0.1) is 11.6 Å². The summed E-state index contributed by atoms with van der Waals surface area (Å²) in [5.74, 6) is 1.44. The number of halogens is 1. The molecule has 0 saturated heterocycles. The van der Waals surface area contributed by atoms with Crippen LogP contribution >= 0.6 is 11.6 Å². The number of para-hydroxylation sites is 1. The average Bonchev–Trinajstić information content (AvgIpc) is 2.48. The SMILES string of the molecule is O=C(CCCCl)c1cc(Oc2ccccc2)ccc1O. The Bertz CT molecular complexity index is 582. The van der Waals surface area contributed by atoms with Gasteiger partial charge in [0, 0.05) is 12.3 Å². The fraction of sp³-hybridized carbons (Fsp3) is 0.188. The van der Waals surface area contributed by atoms with E-state index in [1.54, 1.807) is 12.1 Å². The number of hydrogen-bond donors (Lipinski definition) is 1. The predicted octanol–water partition coefficient (Wildman–Crippen LogP) is 4.39. The molecule has 0 spiro atoms. The highest BCUT2D eigenvalue weighted by Gasteiger charge is 2.12. The smallest absolute Gasteiger partial charge is 0.166 e.